The fraction of sp³-hybridized carbons (Fsp3) is 0.250. The highest BCUT2D eigenvalue weighted by Gasteiger charge is 2.06. The molecule has 0 radical (unpaired) electrons. The maximum absolute atomic E-state index is 6.11. The summed E-state index contributed by atoms with van der Waals surface area (Å²) in [5.41, 5.74) is 7.91. The Morgan fingerprint density at radius 3 is 2.80 bits per heavy atom. The lowest BCUT2D eigenvalue weighted by Gasteiger charge is -2.10. The molecule has 2 aromatic rings. The molecule has 0 aliphatic carbocycles. The fourth-order valence-corrected chi connectivity index (χ4v) is 2.40. The molecular formula is C12H14N2S. The third-order valence-electron chi connectivity index (χ3n) is 2.15. The second-order valence-corrected chi connectivity index (χ2v) is 5.33. The Morgan fingerprint density at radius 1 is 1.27 bits per heavy atom. The van der Waals surface area contributed by atoms with Crippen LogP contribution in [0.15, 0.2) is 35.4 Å². The Labute approximate surface area is 93.9 Å². The van der Waals surface area contributed by atoms with Crippen molar-refractivity contribution in [2.75, 3.05) is 5.73 Å². The Bertz CT molecular complexity index is 480. The summed E-state index contributed by atoms with van der Waals surface area (Å²) in [6.07, 6.45) is 1.79. The van der Waals surface area contributed by atoms with Gasteiger partial charge in [-0.05, 0) is 24.3 Å². The van der Waals surface area contributed by atoms with Crippen LogP contribution in [-0.2, 0) is 0 Å². The van der Waals surface area contributed by atoms with Crippen LogP contribution < -0.4 is 5.73 Å². The van der Waals surface area contributed by atoms with Crippen molar-refractivity contribution in [3.63, 3.8) is 0 Å². The molecule has 1 aromatic carbocycles. The molecule has 0 spiro atoms. The minimum atomic E-state index is 0.543. The van der Waals surface area contributed by atoms with E-state index in [0.717, 1.165) is 21.5 Å². The van der Waals surface area contributed by atoms with Crippen LogP contribution in [0.25, 0.3) is 10.9 Å². The molecule has 15 heavy (non-hydrogen) atoms. The van der Waals surface area contributed by atoms with Crippen molar-refractivity contribution in [3.05, 3.63) is 30.5 Å². The van der Waals surface area contributed by atoms with Crippen molar-refractivity contribution in [3.8, 4) is 0 Å². The second kappa shape index (κ2) is 4.11. The highest BCUT2D eigenvalue weighted by Crippen LogP contribution is 2.33. The van der Waals surface area contributed by atoms with Crippen LogP contribution in [0.5, 0.6) is 0 Å². The number of fused-ring (bicyclic) bond motifs is 1. The number of nitrogens with two attached hydrogens (primary N) is 1. The van der Waals surface area contributed by atoms with Gasteiger partial charge in [-0.15, -0.1) is 11.8 Å². The molecule has 0 aliphatic heterocycles. The number of hydrogen-bond donors (Lipinski definition) is 1. The van der Waals surface area contributed by atoms with E-state index in [0.29, 0.717) is 5.25 Å². The molecule has 1 heterocycles. The first-order chi connectivity index (χ1) is 7.18. The number of rotatable bonds is 2. The summed E-state index contributed by atoms with van der Waals surface area (Å²) in [5, 5.41) is 1.59. The van der Waals surface area contributed by atoms with E-state index in [1.165, 1.54) is 0 Å². The maximum Gasteiger partial charge on any atom is 0.0723 e. The average molecular weight is 218 g/mol. The van der Waals surface area contributed by atoms with Gasteiger partial charge in [-0.1, -0.05) is 13.8 Å². The van der Waals surface area contributed by atoms with Gasteiger partial charge in [-0.2, -0.15) is 0 Å². The molecule has 0 atom stereocenters. The van der Waals surface area contributed by atoms with Crippen LogP contribution in [0.2, 0.25) is 0 Å². The summed E-state index contributed by atoms with van der Waals surface area (Å²) in [6, 6.07) is 8.01. The fourth-order valence-electron chi connectivity index (χ4n) is 1.51. The van der Waals surface area contributed by atoms with Gasteiger partial charge in [0.15, 0.2) is 0 Å². The zero-order valence-electron chi connectivity index (χ0n) is 8.90. The van der Waals surface area contributed by atoms with Gasteiger partial charge in [0.1, 0.15) is 0 Å². The van der Waals surface area contributed by atoms with Crippen molar-refractivity contribution < 1.29 is 0 Å². The van der Waals surface area contributed by atoms with E-state index in [1.54, 1.807) is 18.0 Å². The first-order valence-electron chi connectivity index (χ1n) is 4.98. The van der Waals surface area contributed by atoms with E-state index in [4.69, 9.17) is 5.73 Å². The van der Waals surface area contributed by atoms with Gasteiger partial charge < -0.3 is 5.73 Å². The molecule has 2 N–H and O–H groups in total. The van der Waals surface area contributed by atoms with Crippen molar-refractivity contribution in [1.82, 2.24) is 4.98 Å². The first kappa shape index (κ1) is 10.3. The van der Waals surface area contributed by atoms with Crippen LogP contribution in [0.4, 0.5) is 5.69 Å². The third-order valence-corrected chi connectivity index (χ3v) is 3.23. The zero-order valence-corrected chi connectivity index (χ0v) is 9.71. The summed E-state index contributed by atoms with van der Waals surface area (Å²) in [5.74, 6) is 0. The topological polar surface area (TPSA) is 38.9 Å². The SMILES string of the molecule is CC(C)Sc1ccc2ncccc2c1N. The van der Waals surface area contributed by atoms with E-state index < -0.39 is 0 Å². The molecule has 0 fully saturated rings. The van der Waals surface area contributed by atoms with Crippen LogP contribution in [0, 0.1) is 0 Å². The van der Waals surface area contributed by atoms with Gasteiger partial charge in [0, 0.05) is 21.7 Å². The number of pyridine rings is 1. The Morgan fingerprint density at radius 2 is 2.07 bits per heavy atom. The molecule has 78 valence electrons. The van der Waals surface area contributed by atoms with Gasteiger partial charge in [0.2, 0.25) is 0 Å². The van der Waals surface area contributed by atoms with Crippen molar-refractivity contribution >= 4 is 28.4 Å². The number of thioether (sulfide) groups is 1. The zero-order chi connectivity index (χ0) is 10.8. The Balaban J connectivity index is 2.55. The predicted molar refractivity (Wildman–Crippen MR) is 67.1 cm³/mol. The average Bonchev–Trinajstić information content (AvgIpc) is 2.22. The monoisotopic (exact) mass is 218 g/mol. The van der Waals surface area contributed by atoms with Gasteiger partial charge in [-0.25, -0.2) is 0 Å². The molecule has 0 saturated heterocycles. The summed E-state index contributed by atoms with van der Waals surface area (Å²) in [6.45, 7) is 4.33. The number of benzene rings is 1. The number of hydrogen-bond acceptors (Lipinski definition) is 3. The number of nitrogens with zero attached hydrogens (tertiary/aromatic N) is 1. The standard InChI is InChI=1S/C12H14N2S/c1-8(2)15-11-6-5-10-9(12(11)13)4-3-7-14-10/h3-8H,13H2,1-2H3. The number of anilines is 1. The van der Waals surface area contributed by atoms with Crippen molar-refractivity contribution in [2.45, 2.75) is 24.0 Å². The molecule has 1 aromatic heterocycles. The lowest BCUT2D eigenvalue weighted by molar-refractivity contribution is 1.11. The molecule has 2 rings (SSSR count). The highest BCUT2D eigenvalue weighted by atomic mass is 32.2. The van der Waals surface area contributed by atoms with E-state index in [1.807, 2.05) is 18.2 Å². The lowest BCUT2D eigenvalue weighted by Crippen LogP contribution is -1.94. The van der Waals surface area contributed by atoms with Gasteiger partial charge in [-0.3, -0.25) is 4.98 Å². The first-order valence-corrected chi connectivity index (χ1v) is 5.86. The van der Waals surface area contributed by atoms with E-state index in [2.05, 4.69) is 24.9 Å². The molecule has 0 unspecified atom stereocenters. The quantitative estimate of drug-likeness (QED) is 0.621. The number of aromatic nitrogens is 1. The molecule has 0 amide bonds. The van der Waals surface area contributed by atoms with Crippen LogP contribution in [-0.4, -0.2) is 10.2 Å². The van der Waals surface area contributed by atoms with E-state index in [9.17, 15) is 0 Å². The van der Waals surface area contributed by atoms with Gasteiger partial charge in [0.25, 0.3) is 0 Å². The molecule has 3 heteroatoms. The molecule has 2 nitrogen and oxygen atoms in total. The maximum atomic E-state index is 6.11. The predicted octanol–water partition coefficient (Wildman–Crippen LogP) is 3.32. The molecule has 0 aliphatic rings. The molecule has 0 saturated carbocycles. The van der Waals surface area contributed by atoms with Gasteiger partial charge >= 0.3 is 0 Å². The summed E-state index contributed by atoms with van der Waals surface area (Å²) < 4.78 is 0. The largest absolute Gasteiger partial charge is 0.397 e. The van der Waals surface area contributed by atoms with Crippen LogP contribution in [0.3, 0.4) is 0 Å². The van der Waals surface area contributed by atoms with E-state index >= 15 is 0 Å². The Kier molecular flexibility index (Phi) is 2.82. The highest BCUT2D eigenvalue weighted by molar-refractivity contribution is 8.00. The van der Waals surface area contributed by atoms with E-state index in [-0.39, 0.29) is 0 Å². The number of nitrogen functional groups attached to an aromatic ring is 1. The lowest BCUT2D eigenvalue weighted by atomic mass is 10.2. The van der Waals surface area contributed by atoms with Crippen LogP contribution in [0.1, 0.15) is 13.8 Å². The van der Waals surface area contributed by atoms with Crippen molar-refractivity contribution in [2.24, 2.45) is 0 Å². The van der Waals surface area contributed by atoms with Crippen molar-refractivity contribution in [1.29, 1.82) is 0 Å². The van der Waals surface area contributed by atoms with Gasteiger partial charge in [0.05, 0.1) is 11.2 Å². The second-order valence-electron chi connectivity index (χ2n) is 3.71. The third kappa shape index (κ3) is 2.07. The summed E-state index contributed by atoms with van der Waals surface area (Å²) in [4.78, 5) is 5.42. The normalized spacial score (nSPS) is 11.1. The Hall–Kier alpha value is -1.22. The molecular weight excluding hydrogens is 204 g/mol. The molecule has 0 bridgehead atoms. The minimum absolute atomic E-state index is 0.543. The smallest absolute Gasteiger partial charge is 0.0723 e. The van der Waals surface area contributed by atoms with Crippen LogP contribution >= 0.6 is 11.8 Å². The minimum Gasteiger partial charge on any atom is -0.397 e. The summed E-state index contributed by atoms with van der Waals surface area (Å²) in [7, 11) is 0. The summed E-state index contributed by atoms with van der Waals surface area (Å²) >= 11 is 1.79.